The molecule has 14 heteroatoms. The van der Waals surface area contributed by atoms with Crippen LogP contribution in [0.3, 0.4) is 0 Å². The third-order valence-electron chi connectivity index (χ3n) is 8.53. The van der Waals surface area contributed by atoms with E-state index in [0.29, 0.717) is 62.4 Å². The summed E-state index contributed by atoms with van der Waals surface area (Å²) in [5, 5.41) is 1.18. The van der Waals surface area contributed by atoms with E-state index < -0.39 is 23.9 Å². The third kappa shape index (κ3) is 6.76. The van der Waals surface area contributed by atoms with Gasteiger partial charge in [-0.15, -0.1) is 0 Å². The highest BCUT2D eigenvalue weighted by atomic mass is 32.2. The average Bonchev–Trinajstić information content (AvgIpc) is 3.52. The Labute approximate surface area is 297 Å². The lowest BCUT2D eigenvalue weighted by Crippen LogP contribution is -2.44. The zero-order valence-corrected chi connectivity index (χ0v) is 29.7. The van der Waals surface area contributed by atoms with Gasteiger partial charge in [-0.25, -0.2) is 9.59 Å². The number of benzene rings is 4. The standard InChI is InChI=1S/C37H36O13S/c1-41-19-47-26-17-22(42-2)16-24-29(26)31-25(32(48-36(40)46-6)34(24)51-23-10-8-7-9-11-23)18-37(50-31)13-12-20-14-21(15-27(38)43-3)28(35(39)45-5)33(44-4)30(20)49-37/h7-11,14,16-17H,12-13,15,18-19H2,1-6H3. The number of esters is 2. The molecule has 0 radical (unpaired) electrons. The Kier molecular flexibility index (Phi) is 10.3. The normalized spacial score (nSPS) is 15.6. The molecule has 2 aliphatic rings. The van der Waals surface area contributed by atoms with Crippen molar-refractivity contribution in [3.05, 3.63) is 70.8 Å². The van der Waals surface area contributed by atoms with Gasteiger partial charge in [0.1, 0.15) is 22.8 Å². The van der Waals surface area contributed by atoms with Crippen LogP contribution >= 0.6 is 11.8 Å². The van der Waals surface area contributed by atoms with E-state index in [0.717, 1.165) is 4.90 Å². The molecule has 0 N–H and O–H groups in total. The van der Waals surface area contributed by atoms with E-state index in [9.17, 15) is 14.4 Å². The van der Waals surface area contributed by atoms with Crippen LogP contribution in [0.2, 0.25) is 0 Å². The molecule has 0 bridgehead atoms. The van der Waals surface area contributed by atoms with E-state index in [4.69, 9.17) is 47.4 Å². The monoisotopic (exact) mass is 720 g/mol. The molecule has 4 aromatic carbocycles. The fourth-order valence-electron chi connectivity index (χ4n) is 6.27. The highest BCUT2D eigenvalue weighted by molar-refractivity contribution is 7.99. The van der Waals surface area contributed by atoms with E-state index >= 15 is 0 Å². The first-order valence-electron chi connectivity index (χ1n) is 15.8. The maximum atomic E-state index is 13.1. The Morgan fingerprint density at radius 2 is 1.63 bits per heavy atom. The van der Waals surface area contributed by atoms with Gasteiger partial charge in [-0.1, -0.05) is 36.0 Å². The van der Waals surface area contributed by atoms with Crippen LogP contribution in [0.15, 0.2) is 58.3 Å². The first kappa shape index (κ1) is 35.5. The predicted octanol–water partition coefficient (Wildman–Crippen LogP) is 6.29. The van der Waals surface area contributed by atoms with Gasteiger partial charge in [-0.05, 0) is 35.7 Å². The summed E-state index contributed by atoms with van der Waals surface area (Å²) in [5.41, 5.74) is 1.61. The van der Waals surface area contributed by atoms with Crippen molar-refractivity contribution in [2.45, 2.75) is 41.3 Å². The van der Waals surface area contributed by atoms with Crippen molar-refractivity contribution in [3.8, 4) is 34.5 Å². The van der Waals surface area contributed by atoms with Crippen LogP contribution in [0.4, 0.5) is 4.79 Å². The molecular formula is C37H36O13S. The Morgan fingerprint density at radius 3 is 2.29 bits per heavy atom. The fraction of sp³-hybridized carbons (Fsp3) is 0.324. The van der Waals surface area contributed by atoms with Gasteiger partial charge >= 0.3 is 18.1 Å². The molecule has 4 aromatic rings. The molecule has 2 heterocycles. The van der Waals surface area contributed by atoms with E-state index in [1.54, 1.807) is 12.1 Å². The summed E-state index contributed by atoms with van der Waals surface area (Å²) < 4.78 is 57.2. The second kappa shape index (κ2) is 14.9. The third-order valence-corrected chi connectivity index (χ3v) is 9.65. The lowest BCUT2D eigenvalue weighted by Gasteiger charge is -2.36. The quantitative estimate of drug-likeness (QED) is 0.0740. The van der Waals surface area contributed by atoms with Crippen LogP contribution in [0.5, 0.6) is 34.5 Å². The molecule has 0 aromatic heterocycles. The topological polar surface area (TPSA) is 144 Å². The van der Waals surface area contributed by atoms with Crippen LogP contribution in [0, 0.1) is 0 Å². The van der Waals surface area contributed by atoms with Gasteiger partial charge in [-0.2, -0.15) is 0 Å². The zero-order chi connectivity index (χ0) is 36.3. The maximum Gasteiger partial charge on any atom is 0.513 e. The Hall–Kier alpha value is -5.34. The number of methoxy groups -OCH3 is 6. The summed E-state index contributed by atoms with van der Waals surface area (Å²) in [7, 11) is 8.18. The molecule has 1 atom stereocenters. The van der Waals surface area contributed by atoms with Crippen LogP contribution in [-0.4, -0.2) is 73.3 Å². The molecule has 6 rings (SSSR count). The number of hydrogen-bond acceptors (Lipinski definition) is 14. The van der Waals surface area contributed by atoms with Gasteiger partial charge < -0.3 is 47.4 Å². The zero-order valence-electron chi connectivity index (χ0n) is 28.9. The molecule has 0 saturated carbocycles. The largest absolute Gasteiger partial charge is 0.513 e. The van der Waals surface area contributed by atoms with Gasteiger partial charge in [0.15, 0.2) is 24.0 Å². The first-order valence-corrected chi connectivity index (χ1v) is 16.6. The molecule has 2 aliphatic heterocycles. The first-order chi connectivity index (χ1) is 24.7. The summed E-state index contributed by atoms with van der Waals surface area (Å²) in [6, 6.07) is 14.8. The van der Waals surface area contributed by atoms with Crippen LogP contribution < -0.4 is 28.4 Å². The highest BCUT2D eigenvalue weighted by Crippen LogP contribution is 2.58. The maximum absolute atomic E-state index is 13.1. The summed E-state index contributed by atoms with van der Waals surface area (Å²) >= 11 is 1.38. The van der Waals surface area contributed by atoms with Gasteiger partial charge in [0.25, 0.3) is 5.79 Å². The van der Waals surface area contributed by atoms with E-state index in [2.05, 4.69) is 0 Å². The molecule has 0 fully saturated rings. The van der Waals surface area contributed by atoms with Crippen molar-refractivity contribution < 1.29 is 61.8 Å². The molecular weight excluding hydrogens is 684 g/mol. The van der Waals surface area contributed by atoms with E-state index in [1.807, 2.05) is 36.4 Å². The smallest absolute Gasteiger partial charge is 0.497 e. The summed E-state index contributed by atoms with van der Waals surface area (Å²) in [6.45, 7) is -0.0744. The van der Waals surface area contributed by atoms with Gasteiger partial charge in [0.05, 0.1) is 58.7 Å². The molecule has 0 aliphatic carbocycles. The Bertz CT molecular complexity index is 1990. The second-order valence-corrected chi connectivity index (χ2v) is 12.6. The lowest BCUT2D eigenvalue weighted by molar-refractivity contribution is -0.139. The van der Waals surface area contributed by atoms with Crippen LogP contribution in [-0.2, 0) is 43.0 Å². The molecule has 1 spiro atoms. The average molecular weight is 721 g/mol. The van der Waals surface area contributed by atoms with Gasteiger partial charge in [-0.3, -0.25) is 4.79 Å². The van der Waals surface area contributed by atoms with Crippen LogP contribution in [0.1, 0.15) is 33.5 Å². The fourth-order valence-corrected chi connectivity index (χ4v) is 7.33. The minimum absolute atomic E-state index is 0.0285. The molecule has 1 unspecified atom stereocenters. The minimum Gasteiger partial charge on any atom is -0.497 e. The predicted molar refractivity (Wildman–Crippen MR) is 183 cm³/mol. The van der Waals surface area contributed by atoms with Crippen molar-refractivity contribution in [2.75, 3.05) is 49.5 Å². The second-order valence-electron chi connectivity index (χ2n) is 11.5. The number of fused-ring (bicyclic) bond motifs is 4. The van der Waals surface area contributed by atoms with Crippen molar-refractivity contribution in [1.29, 1.82) is 0 Å². The number of carbonyl (C=O) groups excluding carboxylic acids is 3. The van der Waals surface area contributed by atoms with Crippen molar-refractivity contribution >= 4 is 40.6 Å². The lowest BCUT2D eigenvalue weighted by atomic mass is 9.91. The molecule has 51 heavy (non-hydrogen) atoms. The van der Waals surface area contributed by atoms with Gasteiger partial charge in [0.2, 0.25) is 0 Å². The molecule has 268 valence electrons. The minimum atomic E-state index is -1.35. The van der Waals surface area contributed by atoms with Gasteiger partial charge in [0, 0.05) is 35.4 Å². The molecule has 0 amide bonds. The summed E-state index contributed by atoms with van der Waals surface area (Å²) in [6.07, 6.45) is -0.260. The highest BCUT2D eigenvalue weighted by Gasteiger charge is 2.49. The van der Waals surface area contributed by atoms with E-state index in [1.165, 1.54) is 54.4 Å². The number of aryl methyl sites for hydroxylation is 1. The van der Waals surface area contributed by atoms with E-state index in [-0.39, 0.29) is 42.4 Å². The number of rotatable bonds is 11. The molecule has 13 nitrogen and oxygen atoms in total. The molecule has 0 saturated heterocycles. The summed E-state index contributed by atoms with van der Waals surface area (Å²) in [4.78, 5) is 39.7. The van der Waals surface area contributed by atoms with Crippen molar-refractivity contribution in [1.82, 2.24) is 0 Å². The Balaban J connectivity index is 1.57. The van der Waals surface area contributed by atoms with Crippen molar-refractivity contribution in [3.63, 3.8) is 0 Å². The SMILES string of the molecule is COCOc1cc(OC)cc2c(Sc3ccccc3)c(OC(=O)OC)c3c(c12)OC1(CCc2cc(CC(=O)OC)c(C(=O)OC)c(OC)c2O1)C3. The summed E-state index contributed by atoms with van der Waals surface area (Å²) in [5.74, 6) is -0.831. The number of hydrogen-bond donors (Lipinski definition) is 0. The van der Waals surface area contributed by atoms with Crippen molar-refractivity contribution in [2.24, 2.45) is 0 Å². The number of carbonyl (C=O) groups is 3. The Morgan fingerprint density at radius 1 is 0.863 bits per heavy atom. The number of ether oxygens (including phenoxy) is 10. The van der Waals surface area contributed by atoms with Crippen LogP contribution in [0.25, 0.3) is 10.8 Å².